The van der Waals surface area contributed by atoms with Crippen LogP contribution >= 0.6 is 47.2 Å². The van der Waals surface area contributed by atoms with Gasteiger partial charge in [0, 0.05) is 18.5 Å². The van der Waals surface area contributed by atoms with Gasteiger partial charge in [-0.1, -0.05) is 64.5 Å². The Balaban J connectivity index is 1.43. The van der Waals surface area contributed by atoms with Crippen LogP contribution in [0.5, 0.6) is 0 Å². The zero-order chi connectivity index (χ0) is 21.8. The van der Waals surface area contributed by atoms with Crippen LogP contribution in [-0.4, -0.2) is 47.3 Å². The van der Waals surface area contributed by atoms with Gasteiger partial charge in [0.25, 0.3) is 5.91 Å². The highest BCUT2D eigenvalue weighted by Gasteiger charge is 2.31. The summed E-state index contributed by atoms with van der Waals surface area (Å²) in [5.74, 6) is 0.564. The lowest BCUT2D eigenvalue weighted by Gasteiger charge is -2.13. The van der Waals surface area contributed by atoms with Gasteiger partial charge in [-0.2, -0.15) is 5.21 Å². The standard InChI is InChI=1S/C20H16Cl2N6OS2/c21-14-8-7-12(10-15(14)22)16-5-3-4-13(23-16)11-17-19(29)28(20(30)31-17)9-2-1-6-18-24-26-27-25-18/h3-5,7-8,10-11H,1-2,6,9H2,(H,24,25,26,27)/b17-11-. The molecule has 2 aromatic heterocycles. The van der Waals surface area contributed by atoms with Crippen molar-refractivity contribution in [1.29, 1.82) is 0 Å². The predicted molar refractivity (Wildman–Crippen MR) is 127 cm³/mol. The minimum atomic E-state index is -0.101. The van der Waals surface area contributed by atoms with Gasteiger partial charge < -0.3 is 0 Å². The molecule has 1 amide bonds. The molecule has 0 radical (unpaired) electrons. The molecule has 3 heterocycles. The van der Waals surface area contributed by atoms with Crippen molar-refractivity contribution in [3.05, 3.63) is 62.9 Å². The minimum Gasteiger partial charge on any atom is -0.293 e. The third-order valence-corrected chi connectivity index (χ3v) is 6.68. The van der Waals surface area contributed by atoms with Crippen LogP contribution in [0, 0.1) is 0 Å². The average Bonchev–Trinajstić information content (AvgIpc) is 3.37. The van der Waals surface area contributed by atoms with E-state index in [9.17, 15) is 4.79 Å². The summed E-state index contributed by atoms with van der Waals surface area (Å²) in [7, 11) is 0. The lowest BCUT2D eigenvalue weighted by Crippen LogP contribution is -2.29. The van der Waals surface area contributed by atoms with Crippen molar-refractivity contribution in [3.63, 3.8) is 0 Å². The number of thioether (sulfide) groups is 1. The largest absolute Gasteiger partial charge is 0.293 e. The topological polar surface area (TPSA) is 87.7 Å². The number of unbranched alkanes of at least 4 members (excludes halogenated alkanes) is 1. The number of nitrogens with zero attached hydrogens (tertiary/aromatic N) is 5. The first-order valence-electron chi connectivity index (χ1n) is 9.41. The Morgan fingerprint density at radius 1 is 1.16 bits per heavy atom. The first kappa shape index (κ1) is 21.9. The minimum absolute atomic E-state index is 0.101. The van der Waals surface area contributed by atoms with E-state index in [2.05, 4.69) is 25.6 Å². The van der Waals surface area contributed by atoms with Gasteiger partial charge in [0.15, 0.2) is 5.82 Å². The van der Waals surface area contributed by atoms with Crippen molar-refractivity contribution < 1.29 is 4.79 Å². The van der Waals surface area contributed by atoms with E-state index in [4.69, 9.17) is 35.4 Å². The molecule has 0 unspecified atom stereocenters. The van der Waals surface area contributed by atoms with E-state index in [-0.39, 0.29) is 5.91 Å². The highest BCUT2D eigenvalue weighted by atomic mass is 35.5. The fourth-order valence-corrected chi connectivity index (χ4v) is 4.61. The van der Waals surface area contributed by atoms with Crippen molar-refractivity contribution >= 4 is 63.5 Å². The Hall–Kier alpha value is -2.33. The van der Waals surface area contributed by atoms with E-state index in [0.717, 1.165) is 24.1 Å². The molecule has 3 aromatic rings. The SMILES string of the molecule is O=C1/C(=C/c2cccc(-c3ccc(Cl)c(Cl)c3)n2)SC(=S)N1CCCCc1nn[nH]n1. The molecule has 11 heteroatoms. The summed E-state index contributed by atoms with van der Waals surface area (Å²) in [6, 6.07) is 11.0. The van der Waals surface area contributed by atoms with Gasteiger partial charge in [-0.25, -0.2) is 4.98 Å². The number of aryl methyl sites for hydroxylation is 1. The van der Waals surface area contributed by atoms with E-state index in [1.165, 1.54) is 11.8 Å². The maximum Gasteiger partial charge on any atom is 0.266 e. The summed E-state index contributed by atoms with van der Waals surface area (Å²) in [6.45, 7) is 0.552. The maximum atomic E-state index is 12.8. The van der Waals surface area contributed by atoms with Crippen molar-refractivity contribution in [2.24, 2.45) is 0 Å². The summed E-state index contributed by atoms with van der Waals surface area (Å²) in [5, 5.41) is 14.8. The Labute approximate surface area is 198 Å². The molecule has 0 bridgehead atoms. The molecule has 1 fully saturated rings. The number of aromatic amines is 1. The first-order valence-corrected chi connectivity index (χ1v) is 11.4. The molecule has 1 aliphatic rings. The molecule has 31 heavy (non-hydrogen) atoms. The summed E-state index contributed by atoms with van der Waals surface area (Å²) in [6.07, 6.45) is 4.09. The molecular formula is C20H16Cl2N6OS2. The molecule has 1 saturated heterocycles. The van der Waals surface area contributed by atoms with Gasteiger partial charge in [0.1, 0.15) is 4.32 Å². The second kappa shape index (κ2) is 9.86. The quantitative estimate of drug-likeness (QED) is 0.289. The van der Waals surface area contributed by atoms with Crippen LogP contribution < -0.4 is 0 Å². The lowest BCUT2D eigenvalue weighted by molar-refractivity contribution is -0.122. The molecule has 0 saturated carbocycles. The van der Waals surface area contributed by atoms with Gasteiger partial charge in [-0.3, -0.25) is 9.69 Å². The van der Waals surface area contributed by atoms with E-state index in [1.807, 2.05) is 24.3 Å². The number of tetrazole rings is 1. The number of hydrogen-bond donors (Lipinski definition) is 1. The van der Waals surface area contributed by atoms with E-state index < -0.39 is 0 Å². The number of carbonyl (C=O) groups is 1. The van der Waals surface area contributed by atoms with Crippen LogP contribution in [0.25, 0.3) is 17.3 Å². The lowest BCUT2D eigenvalue weighted by atomic mass is 10.1. The van der Waals surface area contributed by atoms with Gasteiger partial charge in [-0.05, 0) is 43.2 Å². The molecular weight excluding hydrogens is 475 g/mol. The number of hydrogen-bond acceptors (Lipinski definition) is 7. The molecule has 1 aromatic carbocycles. The Bertz CT molecular complexity index is 1150. The van der Waals surface area contributed by atoms with Crippen molar-refractivity contribution in [2.45, 2.75) is 19.3 Å². The van der Waals surface area contributed by atoms with Gasteiger partial charge in [0.05, 0.1) is 26.3 Å². The normalized spacial score (nSPS) is 15.3. The van der Waals surface area contributed by atoms with Crippen LogP contribution in [0.3, 0.4) is 0 Å². The van der Waals surface area contributed by atoms with Crippen LogP contribution in [0.1, 0.15) is 24.4 Å². The number of aromatic nitrogens is 5. The number of pyridine rings is 1. The van der Waals surface area contributed by atoms with Crippen LogP contribution in [0.2, 0.25) is 10.0 Å². The highest BCUT2D eigenvalue weighted by Crippen LogP contribution is 2.33. The fourth-order valence-electron chi connectivity index (χ4n) is 3.02. The smallest absolute Gasteiger partial charge is 0.266 e. The van der Waals surface area contributed by atoms with Crippen molar-refractivity contribution in [1.82, 2.24) is 30.5 Å². The summed E-state index contributed by atoms with van der Waals surface area (Å²) >= 11 is 18.8. The molecule has 158 valence electrons. The van der Waals surface area contributed by atoms with E-state index in [1.54, 1.807) is 23.1 Å². The van der Waals surface area contributed by atoms with Gasteiger partial charge in [-0.15, -0.1) is 10.2 Å². The molecule has 0 spiro atoms. The second-order valence-corrected chi connectivity index (χ2v) is 9.19. The number of thiocarbonyl (C=S) groups is 1. The summed E-state index contributed by atoms with van der Waals surface area (Å²) < 4.78 is 0.552. The number of amides is 1. The monoisotopic (exact) mass is 490 g/mol. The number of rotatable bonds is 7. The summed E-state index contributed by atoms with van der Waals surface area (Å²) in [4.78, 5) is 19.7. The average molecular weight is 491 g/mol. The fraction of sp³-hybridized carbons (Fsp3) is 0.200. The van der Waals surface area contributed by atoms with Crippen LogP contribution in [0.4, 0.5) is 0 Å². The molecule has 0 aliphatic carbocycles. The third kappa shape index (κ3) is 5.30. The third-order valence-electron chi connectivity index (χ3n) is 4.56. The molecule has 7 nitrogen and oxygen atoms in total. The second-order valence-electron chi connectivity index (χ2n) is 6.70. The highest BCUT2D eigenvalue weighted by molar-refractivity contribution is 8.26. The van der Waals surface area contributed by atoms with E-state index >= 15 is 0 Å². The van der Waals surface area contributed by atoms with Gasteiger partial charge in [0.2, 0.25) is 0 Å². The van der Waals surface area contributed by atoms with Crippen LogP contribution in [0.15, 0.2) is 41.3 Å². The van der Waals surface area contributed by atoms with Crippen LogP contribution in [-0.2, 0) is 11.2 Å². The van der Waals surface area contributed by atoms with Crippen molar-refractivity contribution in [2.75, 3.05) is 6.54 Å². The Morgan fingerprint density at radius 3 is 2.81 bits per heavy atom. The maximum absolute atomic E-state index is 12.8. The predicted octanol–water partition coefficient (Wildman–Crippen LogP) is 4.79. The number of benzene rings is 1. The Kier molecular flexibility index (Phi) is 6.96. The molecule has 1 N–H and O–H groups in total. The Morgan fingerprint density at radius 2 is 2.03 bits per heavy atom. The zero-order valence-electron chi connectivity index (χ0n) is 16.1. The zero-order valence-corrected chi connectivity index (χ0v) is 19.2. The van der Waals surface area contributed by atoms with Gasteiger partial charge >= 0.3 is 0 Å². The number of carbonyl (C=O) groups excluding carboxylic acids is 1. The first-order chi connectivity index (χ1) is 15.0. The molecule has 4 rings (SSSR count). The molecule has 1 aliphatic heterocycles. The summed E-state index contributed by atoms with van der Waals surface area (Å²) in [5.41, 5.74) is 2.25. The van der Waals surface area contributed by atoms with E-state index in [0.29, 0.717) is 43.8 Å². The number of halogens is 2. The molecule has 0 atom stereocenters. The number of H-pyrrole nitrogens is 1. The number of nitrogens with one attached hydrogen (secondary N) is 1. The van der Waals surface area contributed by atoms with Crippen molar-refractivity contribution in [3.8, 4) is 11.3 Å².